The molecule has 27 heavy (non-hydrogen) atoms. The van der Waals surface area contributed by atoms with Crippen molar-refractivity contribution in [2.45, 2.75) is 13.5 Å². The Bertz CT molecular complexity index is 1010. The first kappa shape index (κ1) is 19.1. The monoisotopic (exact) mass is 397 g/mol. The van der Waals surface area contributed by atoms with Crippen molar-refractivity contribution in [1.29, 1.82) is 0 Å². The highest BCUT2D eigenvalue weighted by atomic mass is 35.5. The highest BCUT2D eigenvalue weighted by molar-refractivity contribution is 7.07. The summed E-state index contributed by atoms with van der Waals surface area (Å²) >= 11 is 7.55. The minimum Gasteiger partial charge on any atom is -0.497 e. The zero-order valence-electron chi connectivity index (χ0n) is 15.2. The molecule has 1 aromatic heterocycles. The average Bonchev–Trinajstić information content (AvgIpc) is 3.09. The van der Waals surface area contributed by atoms with E-state index in [1.165, 1.54) is 0 Å². The minimum absolute atomic E-state index is 0.650. The summed E-state index contributed by atoms with van der Waals surface area (Å²) in [6.45, 7) is 6.45. The summed E-state index contributed by atoms with van der Waals surface area (Å²) in [4.78, 5) is 0.813. The lowest BCUT2D eigenvalue weighted by Crippen LogP contribution is -2.15. The largest absolute Gasteiger partial charge is 0.497 e. The van der Waals surface area contributed by atoms with Crippen LogP contribution in [0.5, 0.6) is 5.75 Å². The van der Waals surface area contributed by atoms with Crippen LogP contribution in [0.4, 0.5) is 0 Å². The first-order valence-corrected chi connectivity index (χ1v) is 9.66. The fourth-order valence-electron chi connectivity index (χ4n) is 2.57. The predicted molar refractivity (Wildman–Crippen MR) is 114 cm³/mol. The van der Waals surface area contributed by atoms with Gasteiger partial charge in [-0.3, -0.25) is 0 Å². The van der Waals surface area contributed by atoms with Crippen LogP contribution in [0.1, 0.15) is 12.5 Å². The molecule has 0 radical (unpaired) electrons. The molecule has 0 bridgehead atoms. The van der Waals surface area contributed by atoms with Gasteiger partial charge in [0.05, 0.1) is 18.5 Å². The van der Waals surface area contributed by atoms with E-state index in [1.807, 2.05) is 61.5 Å². The van der Waals surface area contributed by atoms with Crippen molar-refractivity contribution < 1.29 is 4.74 Å². The quantitative estimate of drug-likeness (QED) is 0.312. The second kappa shape index (κ2) is 8.84. The summed E-state index contributed by atoms with van der Waals surface area (Å²) in [6, 6.07) is 15.5. The summed E-state index contributed by atoms with van der Waals surface area (Å²) in [6.07, 6.45) is 1.85. The Hall–Kier alpha value is -2.63. The van der Waals surface area contributed by atoms with Crippen LogP contribution in [-0.4, -0.2) is 17.4 Å². The third-order valence-corrected chi connectivity index (χ3v) is 5.15. The fraction of sp³-hybridized carbons (Fsp3) is 0.143. The van der Waals surface area contributed by atoms with Crippen molar-refractivity contribution >= 4 is 28.6 Å². The van der Waals surface area contributed by atoms with Crippen molar-refractivity contribution in [2.75, 3.05) is 7.11 Å². The summed E-state index contributed by atoms with van der Waals surface area (Å²) in [5.74, 6) is 0.818. The number of thiazole rings is 1. The lowest BCUT2D eigenvalue weighted by Gasteiger charge is -2.06. The van der Waals surface area contributed by atoms with Crippen LogP contribution in [0.25, 0.3) is 11.3 Å². The van der Waals surface area contributed by atoms with Gasteiger partial charge in [-0.05, 0) is 54.4 Å². The Balaban J connectivity index is 1.97. The third-order valence-electron chi connectivity index (χ3n) is 4.04. The molecular formula is C21H20ClN3OS. The van der Waals surface area contributed by atoms with E-state index in [2.05, 4.69) is 26.7 Å². The van der Waals surface area contributed by atoms with Gasteiger partial charge in [-0.25, -0.2) is 0 Å². The van der Waals surface area contributed by atoms with Crippen molar-refractivity contribution in [3.05, 3.63) is 82.0 Å². The lowest BCUT2D eigenvalue weighted by molar-refractivity contribution is 0.415. The van der Waals surface area contributed by atoms with Gasteiger partial charge in [0, 0.05) is 16.9 Å². The smallest absolute Gasteiger partial charge is 0.211 e. The molecule has 4 nitrogen and oxygen atoms in total. The van der Waals surface area contributed by atoms with Crippen molar-refractivity contribution in [2.24, 2.45) is 10.2 Å². The summed E-state index contributed by atoms with van der Waals surface area (Å²) in [5.41, 5.74) is 3.98. The van der Waals surface area contributed by atoms with Crippen molar-refractivity contribution in [3.8, 4) is 17.0 Å². The molecular weight excluding hydrogens is 378 g/mol. The molecule has 0 aliphatic heterocycles. The topological polar surface area (TPSA) is 38.9 Å². The number of nitrogens with zero attached hydrogens (tertiary/aromatic N) is 3. The van der Waals surface area contributed by atoms with E-state index in [1.54, 1.807) is 18.4 Å². The molecule has 3 aromatic rings. The maximum atomic E-state index is 6.00. The van der Waals surface area contributed by atoms with Gasteiger partial charge >= 0.3 is 0 Å². The first-order chi connectivity index (χ1) is 13.1. The average molecular weight is 398 g/mol. The van der Waals surface area contributed by atoms with Crippen molar-refractivity contribution in [3.63, 3.8) is 0 Å². The zero-order valence-corrected chi connectivity index (χ0v) is 16.8. The predicted octanol–water partition coefficient (Wildman–Crippen LogP) is 5.39. The lowest BCUT2D eigenvalue weighted by atomic mass is 10.1. The van der Waals surface area contributed by atoms with Gasteiger partial charge in [0.25, 0.3) is 0 Å². The van der Waals surface area contributed by atoms with E-state index in [4.69, 9.17) is 16.3 Å². The zero-order chi connectivity index (χ0) is 19.2. The number of hydrogen-bond acceptors (Lipinski definition) is 4. The molecule has 0 spiro atoms. The van der Waals surface area contributed by atoms with Crippen LogP contribution in [0.3, 0.4) is 0 Å². The Labute approximate surface area is 167 Å². The highest BCUT2D eigenvalue weighted by Gasteiger charge is 2.07. The van der Waals surface area contributed by atoms with Gasteiger partial charge < -0.3 is 9.30 Å². The first-order valence-electron chi connectivity index (χ1n) is 8.40. The number of ether oxygens (including phenoxy) is 1. The Morgan fingerprint density at radius 3 is 2.52 bits per heavy atom. The van der Waals surface area contributed by atoms with E-state index in [0.717, 1.165) is 33.1 Å². The normalized spacial score (nSPS) is 12.3. The third kappa shape index (κ3) is 4.56. The van der Waals surface area contributed by atoms with Crippen LogP contribution in [0, 0.1) is 0 Å². The van der Waals surface area contributed by atoms with E-state index in [-0.39, 0.29) is 0 Å². The van der Waals surface area contributed by atoms with Crippen LogP contribution in [0.2, 0.25) is 5.02 Å². The van der Waals surface area contributed by atoms with E-state index in [9.17, 15) is 0 Å². The number of aromatic nitrogens is 1. The molecule has 1 heterocycles. The standard InChI is InChI=1S/C21H20ClN3OS/c1-4-13-25-20(17-5-9-18(22)10-6-17)14-27-21(25)24-23-15(2)16-7-11-19(26-3)12-8-16/h4-12,14H,1,13H2,2-3H3/b23-15+,24-21+. The minimum atomic E-state index is 0.650. The molecule has 0 aliphatic rings. The second-order valence-corrected chi connectivity index (χ2v) is 7.10. The molecule has 3 rings (SSSR count). The van der Waals surface area contributed by atoms with E-state index in [0.29, 0.717) is 11.6 Å². The maximum absolute atomic E-state index is 6.00. The van der Waals surface area contributed by atoms with Gasteiger partial charge in [0.1, 0.15) is 5.75 Å². The summed E-state index contributed by atoms with van der Waals surface area (Å²) < 4.78 is 7.28. The van der Waals surface area contributed by atoms with Crippen LogP contribution >= 0.6 is 22.9 Å². The van der Waals surface area contributed by atoms with E-state index < -0.39 is 0 Å². The van der Waals surface area contributed by atoms with Crippen LogP contribution in [0.15, 0.2) is 76.8 Å². The van der Waals surface area contributed by atoms with Gasteiger partial charge in [-0.15, -0.1) is 23.0 Å². The molecule has 0 fully saturated rings. The Morgan fingerprint density at radius 1 is 1.19 bits per heavy atom. The molecule has 0 aliphatic carbocycles. The number of allylic oxidation sites excluding steroid dienone is 1. The number of halogens is 1. The summed E-state index contributed by atoms with van der Waals surface area (Å²) in [5, 5.41) is 11.7. The van der Waals surface area contributed by atoms with Gasteiger partial charge in [0.2, 0.25) is 4.80 Å². The van der Waals surface area contributed by atoms with Gasteiger partial charge in [0.15, 0.2) is 0 Å². The SMILES string of the molecule is C=CCn1c(-c2ccc(Cl)cc2)cs/c1=N/N=C(\C)c1ccc(OC)cc1. The molecule has 0 N–H and O–H groups in total. The number of methoxy groups -OCH3 is 1. The molecule has 0 saturated heterocycles. The van der Waals surface area contributed by atoms with Gasteiger partial charge in [-0.1, -0.05) is 29.8 Å². The second-order valence-electron chi connectivity index (χ2n) is 5.82. The van der Waals surface area contributed by atoms with Crippen LogP contribution < -0.4 is 9.54 Å². The number of hydrogen-bond donors (Lipinski definition) is 0. The highest BCUT2D eigenvalue weighted by Crippen LogP contribution is 2.22. The number of benzene rings is 2. The summed E-state index contributed by atoms with van der Waals surface area (Å²) in [7, 11) is 1.65. The molecule has 2 aromatic carbocycles. The maximum Gasteiger partial charge on any atom is 0.211 e. The Kier molecular flexibility index (Phi) is 6.27. The molecule has 0 unspecified atom stereocenters. The van der Waals surface area contributed by atoms with Crippen molar-refractivity contribution in [1.82, 2.24) is 4.57 Å². The fourth-order valence-corrected chi connectivity index (χ4v) is 3.57. The Morgan fingerprint density at radius 2 is 1.89 bits per heavy atom. The molecule has 6 heteroatoms. The van der Waals surface area contributed by atoms with Gasteiger partial charge in [-0.2, -0.15) is 5.10 Å². The van der Waals surface area contributed by atoms with E-state index >= 15 is 0 Å². The molecule has 0 saturated carbocycles. The molecule has 0 atom stereocenters. The molecule has 0 amide bonds. The van der Waals surface area contributed by atoms with Crippen LogP contribution in [-0.2, 0) is 6.54 Å². The number of rotatable bonds is 6. The molecule has 138 valence electrons.